The summed E-state index contributed by atoms with van der Waals surface area (Å²) in [5.41, 5.74) is 1.68. The summed E-state index contributed by atoms with van der Waals surface area (Å²) in [7, 11) is 0. The van der Waals surface area contributed by atoms with Crippen LogP contribution in [0.15, 0.2) is 54.6 Å². The van der Waals surface area contributed by atoms with Crippen LogP contribution in [0.3, 0.4) is 0 Å². The highest BCUT2D eigenvalue weighted by molar-refractivity contribution is 5.94. The van der Waals surface area contributed by atoms with Gasteiger partial charge in [0.15, 0.2) is 0 Å². The maximum Gasteiger partial charge on any atom is 0.241 e. The number of benzene rings is 2. The average molecular weight is 325 g/mol. The van der Waals surface area contributed by atoms with Crippen molar-refractivity contribution < 1.29 is 9.90 Å². The molecule has 1 aliphatic rings. The van der Waals surface area contributed by atoms with Crippen molar-refractivity contribution in [2.75, 3.05) is 36.4 Å². The van der Waals surface area contributed by atoms with E-state index in [1.807, 2.05) is 55.5 Å². The van der Waals surface area contributed by atoms with Gasteiger partial charge in [-0.05, 0) is 31.2 Å². The lowest BCUT2D eigenvalue weighted by molar-refractivity contribution is -0.120. The Morgan fingerprint density at radius 2 is 1.62 bits per heavy atom. The third-order valence-electron chi connectivity index (χ3n) is 4.51. The number of nitrogens with one attached hydrogen (secondary N) is 1. The highest BCUT2D eigenvalue weighted by Crippen LogP contribution is 2.27. The summed E-state index contributed by atoms with van der Waals surface area (Å²) < 4.78 is 0. The minimum atomic E-state index is -0.184. The normalized spacial score (nSPS) is 16.6. The van der Waals surface area contributed by atoms with E-state index in [9.17, 15) is 9.90 Å². The van der Waals surface area contributed by atoms with Gasteiger partial charge in [0.05, 0.1) is 11.7 Å². The minimum absolute atomic E-state index is 0.0113. The molecule has 0 aromatic heterocycles. The van der Waals surface area contributed by atoms with Crippen molar-refractivity contribution in [1.82, 2.24) is 4.90 Å². The first-order chi connectivity index (χ1) is 11.6. The van der Waals surface area contributed by atoms with Crippen LogP contribution in [0.25, 0.3) is 0 Å². The van der Waals surface area contributed by atoms with Gasteiger partial charge in [-0.15, -0.1) is 0 Å². The highest BCUT2D eigenvalue weighted by Gasteiger charge is 2.26. The Hall–Kier alpha value is -2.53. The fourth-order valence-electron chi connectivity index (χ4n) is 3.02. The number of para-hydroxylation sites is 3. The Morgan fingerprint density at radius 3 is 2.29 bits per heavy atom. The van der Waals surface area contributed by atoms with E-state index in [4.69, 9.17) is 0 Å². The van der Waals surface area contributed by atoms with Crippen LogP contribution in [0.2, 0.25) is 0 Å². The van der Waals surface area contributed by atoms with Crippen LogP contribution in [0, 0.1) is 0 Å². The van der Waals surface area contributed by atoms with E-state index in [0.717, 1.165) is 37.6 Å². The Bertz CT molecular complexity index is 682. The largest absolute Gasteiger partial charge is 0.506 e. The number of phenols is 1. The Balaban J connectivity index is 1.56. The maximum atomic E-state index is 12.4. The van der Waals surface area contributed by atoms with Crippen LogP contribution in [-0.2, 0) is 4.79 Å². The fraction of sp³-hybridized carbons (Fsp3) is 0.316. The van der Waals surface area contributed by atoms with Crippen molar-refractivity contribution >= 4 is 17.3 Å². The van der Waals surface area contributed by atoms with E-state index in [-0.39, 0.29) is 11.9 Å². The van der Waals surface area contributed by atoms with Gasteiger partial charge >= 0.3 is 0 Å². The van der Waals surface area contributed by atoms with Crippen LogP contribution < -0.4 is 10.2 Å². The first-order valence-electron chi connectivity index (χ1n) is 8.28. The van der Waals surface area contributed by atoms with E-state index in [1.54, 1.807) is 6.07 Å². The SMILES string of the molecule is C[C@@H](C(=O)Nc1ccccc1)N1CCN(c2ccccc2O)CC1. The van der Waals surface area contributed by atoms with E-state index in [1.165, 1.54) is 0 Å². The first kappa shape index (κ1) is 16.3. The summed E-state index contributed by atoms with van der Waals surface area (Å²) in [6, 6.07) is 16.7. The molecule has 1 fully saturated rings. The number of nitrogens with zero attached hydrogens (tertiary/aromatic N) is 2. The lowest BCUT2D eigenvalue weighted by Gasteiger charge is -2.38. The van der Waals surface area contributed by atoms with Crippen molar-refractivity contribution in [3.63, 3.8) is 0 Å². The molecule has 1 amide bonds. The number of rotatable bonds is 4. The van der Waals surface area contributed by atoms with E-state index in [0.29, 0.717) is 5.75 Å². The van der Waals surface area contributed by atoms with Crippen LogP contribution in [0.5, 0.6) is 5.75 Å². The smallest absolute Gasteiger partial charge is 0.241 e. The van der Waals surface area contributed by atoms with Gasteiger partial charge in [-0.25, -0.2) is 0 Å². The molecule has 5 nitrogen and oxygen atoms in total. The van der Waals surface area contributed by atoms with Gasteiger partial charge in [0.2, 0.25) is 5.91 Å². The molecule has 0 radical (unpaired) electrons. The van der Waals surface area contributed by atoms with Crippen LogP contribution in [-0.4, -0.2) is 48.1 Å². The summed E-state index contributed by atoms with van der Waals surface area (Å²) in [4.78, 5) is 16.7. The molecular formula is C19H23N3O2. The standard InChI is InChI=1S/C19H23N3O2/c1-15(19(24)20-16-7-3-2-4-8-16)21-11-13-22(14-12-21)17-9-5-6-10-18(17)23/h2-10,15,23H,11-14H2,1H3,(H,20,24)/t15-/m0/s1. The fourth-order valence-corrected chi connectivity index (χ4v) is 3.02. The van der Waals surface area contributed by atoms with Gasteiger partial charge < -0.3 is 15.3 Å². The second-order valence-corrected chi connectivity index (χ2v) is 6.04. The number of piperazine rings is 1. The lowest BCUT2D eigenvalue weighted by Crippen LogP contribution is -2.52. The number of carbonyl (C=O) groups excluding carboxylic acids is 1. The molecule has 2 N–H and O–H groups in total. The third-order valence-corrected chi connectivity index (χ3v) is 4.51. The Kier molecular flexibility index (Phi) is 5.01. The summed E-state index contributed by atoms with van der Waals surface area (Å²) in [5.74, 6) is 0.318. The van der Waals surface area contributed by atoms with Gasteiger partial charge in [0, 0.05) is 31.9 Å². The predicted molar refractivity (Wildman–Crippen MR) is 96.4 cm³/mol. The zero-order valence-electron chi connectivity index (χ0n) is 13.9. The molecule has 2 aromatic carbocycles. The maximum absolute atomic E-state index is 12.4. The molecule has 1 atom stereocenters. The molecule has 24 heavy (non-hydrogen) atoms. The summed E-state index contributed by atoms with van der Waals surface area (Å²) in [6.45, 7) is 5.10. The molecule has 1 saturated heterocycles. The van der Waals surface area contributed by atoms with Crippen molar-refractivity contribution in [2.24, 2.45) is 0 Å². The molecular weight excluding hydrogens is 302 g/mol. The summed E-state index contributed by atoms with van der Waals surface area (Å²) in [5, 5.41) is 12.9. The average Bonchev–Trinajstić information content (AvgIpc) is 2.62. The second-order valence-electron chi connectivity index (χ2n) is 6.04. The Morgan fingerprint density at radius 1 is 1.00 bits per heavy atom. The molecule has 0 saturated carbocycles. The van der Waals surface area contributed by atoms with Crippen LogP contribution in [0.4, 0.5) is 11.4 Å². The molecule has 3 rings (SSSR count). The number of amides is 1. The van der Waals surface area contributed by atoms with Gasteiger partial charge in [-0.1, -0.05) is 30.3 Å². The number of hydrogen-bond donors (Lipinski definition) is 2. The van der Waals surface area contributed by atoms with E-state index in [2.05, 4.69) is 15.1 Å². The Labute approximate surface area is 142 Å². The molecule has 5 heteroatoms. The van der Waals surface area contributed by atoms with Gasteiger partial charge in [-0.2, -0.15) is 0 Å². The quantitative estimate of drug-likeness (QED) is 0.907. The molecule has 1 aliphatic heterocycles. The first-order valence-corrected chi connectivity index (χ1v) is 8.28. The number of phenolic OH excluding ortho intramolecular Hbond substituents is 1. The molecule has 0 aliphatic carbocycles. The van der Waals surface area contributed by atoms with Crippen LogP contribution >= 0.6 is 0 Å². The zero-order valence-corrected chi connectivity index (χ0v) is 13.9. The van der Waals surface area contributed by atoms with Gasteiger partial charge in [0.25, 0.3) is 0 Å². The monoisotopic (exact) mass is 325 g/mol. The number of anilines is 2. The van der Waals surface area contributed by atoms with E-state index < -0.39 is 0 Å². The molecule has 0 spiro atoms. The second kappa shape index (κ2) is 7.36. The molecule has 126 valence electrons. The minimum Gasteiger partial charge on any atom is -0.506 e. The molecule has 0 unspecified atom stereocenters. The topological polar surface area (TPSA) is 55.8 Å². The van der Waals surface area contributed by atoms with E-state index >= 15 is 0 Å². The van der Waals surface area contributed by atoms with Crippen molar-refractivity contribution in [1.29, 1.82) is 0 Å². The summed E-state index contributed by atoms with van der Waals surface area (Å²) >= 11 is 0. The van der Waals surface area contributed by atoms with Crippen LogP contribution in [0.1, 0.15) is 6.92 Å². The third kappa shape index (κ3) is 3.68. The number of hydrogen-bond acceptors (Lipinski definition) is 4. The predicted octanol–water partition coefficient (Wildman–Crippen LogP) is 2.54. The van der Waals surface area contributed by atoms with Crippen molar-refractivity contribution in [2.45, 2.75) is 13.0 Å². The van der Waals surface area contributed by atoms with Gasteiger partial charge in [0.1, 0.15) is 5.75 Å². The molecule has 0 bridgehead atoms. The van der Waals surface area contributed by atoms with Crippen molar-refractivity contribution in [3.8, 4) is 5.75 Å². The lowest BCUT2D eigenvalue weighted by atomic mass is 10.2. The molecule has 2 aromatic rings. The van der Waals surface area contributed by atoms with Crippen molar-refractivity contribution in [3.05, 3.63) is 54.6 Å². The van der Waals surface area contributed by atoms with Gasteiger partial charge in [-0.3, -0.25) is 9.69 Å². The number of aromatic hydroxyl groups is 1. The highest BCUT2D eigenvalue weighted by atomic mass is 16.3. The molecule has 1 heterocycles. The summed E-state index contributed by atoms with van der Waals surface area (Å²) in [6.07, 6.45) is 0. The zero-order chi connectivity index (χ0) is 16.9. The number of carbonyl (C=O) groups is 1.